The second-order valence-electron chi connectivity index (χ2n) is 22.8. The number of fused-ring (bicyclic) bond motifs is 12. The first-order chi connectivity index (χ1) is 39.2. The Bertz CT molecular complexity index is 4640. The van der Waals surface area contributed by atoms with Crippen LogP contribution in [0.4, 0.5) is 0 Å². The summed E-state index contributed by atoms with van der Waals surface area (Å²) in [4.78, 5) is 16.8. The molecule has 0 atom stereocenters. The van der Waals surface area contributed by atoms with Crippen LogP contribution >= 0.6 is 0 Å². The number of hydrogen-bond acceptors (Lipinski definition) is 3. The van der Waals surface area contributed by atoms with Crippen LogP contribution < -0.4 is 0 Å². The summed E-state index contributed by atoms with van der Waals surface area (Å²) in [6.07, 6.45) is 0. The first-order valence-electron chi connectivity index (χ1n) is 27.7. The zero-order chi connectivity index (χ0) is 53.4. The van der Waals surface area contributed by atoms with Crippen molar-refractivity contribution in [3.63, 3.8) is 0 Å². The normalized spacial score (nSPS) is 13.7. The molecule has 2 aliphatic rings. The number of hydrogen-bond donors (Lipinski definition) is 0. The van der Waals surface area contributed by atoms with Gasteiger partial charge in [0.2, 0.25) is 11.9 Å². The van der Waals surface area contributed by atoms with Crippen LogP contribution in [0.3, 0.4) is 0 Å². The first-order valence-corrected chi connectivity index (χ1v) is 27.7. The number of rotatable bonds is 7. The topological polar surface area (TPSA) is 48.5 Å². The van der Waals surface area contributed by atoms with Crippen LogP contribution in [0, 0.1) is 0 Å². The van der Waals surface area contributed by atoms with E-state index < -0.39 is 0 Å². The van der Waals surface area contributed by atoms with Crippen molar-refractivity contribution in [3.8, 4) is 90.0 Å². The maximum Gasteiger partial charge on any atom is 0.240 e. The SMILES string of the molecule is CC1(C)c2ccccc2-c2ccc(-c3ccc4c5ccccc5n(-c5nc(-c6cccc(-c7ccc(-c8ccccc8)cc7)c6)nc(-n6c7ccccc7c7ccc(-c8ccc9c(c8)C(C)(C)c8ccccc8-9)cc76)n5)c4c3)cc21. The van der Waals surface area contributed by atoms with Gasteiger partial charge >= 0.3 is 0 Å². The second-order valence-corrected chi connectivity index (χ2v) is 22.8. The molecule has 0 fully saturated rings. The number of para-hydroxylation sites is 2. The summed E-state index contributed by atoms with van der Waals surface area (Å²) >= 11 is 0. The summed E-state index contributed by atoms with van der Waals surface area (Å²) in [5.41, 5.74) is 24.6. The van der Waals surface area contributed by atoms with Crippen molar-refractivity contribution >= 4 is 43.6 Å². The van der Waals surface area contributed by atoms with Crippen LogP contribution in [-0.4, -0.2) is 24.1 Å². The number of benzene rings is 11. The van der Waals surface area contributed by atoms with Crippen LogP contribution in [0.2, 0.25) is 0 Å². The predicted molar refractivity (Wildman–Crippen MR) is 331 cm³/mol. The lowest BCUT2D eigenvalue weighted by Crippen LogP contribution is -2.14. The molecule has 0 unspecified atom stereocenters. The fraction of sp³-hybridized carbons (Fsp3) is 0.0800. The maximum atomic E-state index is 5.65. The molecule has 5 heteroatoms. The summed E-state index contributed by atoms with van der Waals surface area (Å²) in [5.74, 6) is 1.66. The highest BCUT2D eigenvalue weighted by Crippen LogP contribution is 2.51. The molecule has 0 saturated heterocycles. The van der Waals surface area contributed by atoms with Gasteiger partial charge in [-0.1, -0.05) is 234 Å². The molecule has 16 rings (SSSR count). The van der Waals surface area contributed by atoms with Gasteiger partial charge in [0.25, 0.3) is 0 Å². The van der Waals surface area contributed by atoms with E-state index in [0.29, 0.717) is 17.7 Å². The molecule has 0 aliphatic heterocycles. The third kappa shape index (κ3) is 6.93. The van der Waals surface area contributed by atoms with Crippen LogP contribution in [0.5, 0.6) is 0 Å². The Kier molecular flexibility index (Phi) is 9.96. The van der Waals surface area contributed by atoms with Crippen LogP contribution in [0.15, 0.2) is 249 Å². The molecule has 11 aromatic carbocycles. The summed E-state index contributed by atoms with van der Waals surface area (Å²) in [5, 5.41) is 4.52. The van der Waals surface area contributed by atoms with Gasteiger partial charge < -0.3 is 0 Å². The molecule has 80 heavy (non-hydrogen) atoms. The monoisotopic (exact) mass is 1020 g/mol. The standard InChI is InChI=1S/C75H53N5/c1-74(2)63-25-12-8-21-55(63)57-37-33-50(42-65(57)74)52-35-39-61-59-23-10-14-27-67(59)79(69(61)44-52)72-76-71(54-20-16-19-49(41-54)48-31-29-47(30-32-48)46-17-6-5-7-18-46)77-73(78-72)80-68-28-15-11-24-60(68)62-40-36-53(45-70(62)80)51-34-38-58-56-22-9-13-26-64(56)75(3,4)66(58)43-51/h5-45H,1-4H3. The van der Waals surface area contributed by atoms with Crippen LogP contribution in [0.25, 0.3) is 134 Å². The molecule has 0 radical (unpaired) electrons. The number of nitrogens with zero attached hydrogens (tertiary/aromatic N) is 5. The highest BCUT2D eigenvalue weighted by molar-refractivity contribution is 6.11. The van der Waals surface area contributed by atoms with Crippen molar-refractivity contribution in [1.82, 2.24) is 24.1 Å². The largest absolute Gasteiger partial charge is 0.278 e. The van der Waals surface area contributed by atoms with E-state index in [-0.39, 0.29) is 10.8 Å². The van der Waals surface area contributed by atoms with Crippen molar-refractivity contribution in [2.45, 2.75) is 38.5 Å². The lowest BCUT2D eigenvalue weighted by Gasteiger charge is -2.22. The van der Waals surface area contributed by atoms with E-state index in [2.05, 4.69) is 286 Å². The third-order valence-corrected chi connectivity index (χ3v) is 17.6. The Morgan fingerprint density at radius 2 is 0.613 bits per heavy atom. The predicted octanol–water partition coefficient (Wildman–Crippen LogP) is 19.0. The average Bonchev–Trinajstić information content (AvgIpc) is 4.27. The summed E-state index contributed by atoms with van der Waals surface area (Å²) in [6.45, 7) is 9.39. The molecular weight excluding hydrogens is 971 g/mol. The first kappa shape index (κ1) is 46.2. The summed E-state index contributed by atoms with van der Waals surface area (Å²) in [6, 6.07) is 90.7. The minimum atomic E-state index is -0.125. The van der Waals surface area contributed by atoms with Crippen LogP contribution in [0.1, 0.15) is 49.9 Å². The minimum absolute atomic E-state index is 0.125. The Morgan fingerprint density at radius 1 is 0.250 bits per heavy atom. The van der Waals surface area contributed by atoms with Crippen molar-refractivity contribution in [2.24, 2.45) is 0 Å². The van der Waals surface area contributed by atoms with E-state index >= 15 is 0 Å². The lowest BCUT2D eigenvalue weighted by molar-refractivity contribution is 0.660. The van der Waals surface area contributed by atoms with E-state index in [1.807, 2.05) is 0 Å². The van der Waals surface area contributed by atoms with Gasteiger partial charge in [-0.3, -0.25) is 9.13 Å². The van der Waals surface area contributed by atoms with Gasteiger partial charge in [0.15, 0.2) is 5.82 Å². The zero-order valence-corrected chi connectivity index (χ0v) is 44.9. The number of aromatic nitrogens is 5. The van der Waals surface area contributed by atoms with Gasteiger partial charge in [-0.05, 0) is 131 Å². The fourth-order valence-electron chi connectivity index (χ4n) is 13.5. The Balaban J connectivity index is 0.906. The Labute approximate surface area is 464 Å². The van der Waals surface area contributed by atoms with E-state index in [1.54, 1.807) is 0 Å². The third-order valence-electron chi connectivity index (χ3n) is 17.6. The van der Waals surface area contributed by atoms with Crippen LogP contribution in [-0.2, 0) is 10.8 Å². The molecule has 3 heterocycles. The molecule has 0 spiro atoms. The average molecular weight is 1020 g/mol. The zero-order valence-electron chi connectivity index (χ0n) is 44.9. The molecule has 0 N–H and O–H groups in total. The van der Waals surface area contributed by atoms with Gasteiger partial charge in [0, 0.05) is 37.9 Å². The quantitative estimate of drug-likeness (QED) is 0.160. The highest BCUT2D eigenvalue weighted by Gasteiger charge is 2.37. The molecule has 5 nitrogen and oxygen atoms in total. The van der Waals surface area contributed by atoms with Gasteiger partial charge in [-0.15, -0.1) is 0 Å². The molecule has 378 valence electrons. The van der Waals surface area contributed by atoms with Crippen molar-refractivity contribution in [1.29, 1.82) is 0 Å². The molecule has 2 aliphatic carbocycles. The molecular formula is C75H53N5. The van der Waals surface area contributed by atoms with Gasteiger partial charge in [0.05, 0.1) is 22.1 Å². The molecule has 0 saturated carbocycles. The van der Waals surface area contributed by atoms with Crippen molar-refractivity contribution in [2.75, 3.05) is 0 Å². The molecule has 14 aromatic rings. The minimum Gasteiger partial charge on any atom is -0.278 e. The van der Waals surface area contributed by atoms with Gasteiger partial charge in [0.1, 0.15) is 0 Å². The fourth-order valence-corrected chi connectivity index (χ4v) is 13.5. The van der Waals surface area contributed by atoms with Crippen molar-refractivity contribution in [3.05, 3.63) is 271 Å². The van der Waals surface area contributed by atoms with E-state index in [9.17, 15) is 0 Å². The maximum absolute atomic E-state index is 5.65. The summed E-state index contributed by atoms with van der Waals surface area (Å²) < 4.78 is 4.51. The summed E-state index contributed by atoms with van der Waals surface area (Å²) in [7, 11) is 0. The molecule has 0 amide bonds. The second kappa shape index (κ2) is 17.3. The van der Waals surface area contributed by atoms with E-state index in [0.717, 1.165) is 71.4 Å². The van der Waals surface area contributed by atoms with Gasteiger partial charge in [-0.2, -0.15) is 15.0 Å². The van der Waals surface area contributed by atoms with Gasteiger partial charge in [-0.25, -0.2) is 0 Å². The lowest BCUT2D eigenvalue weighted by atomic mass is 9.81. The smallest absolute Gasteiger partial charge is 0.240 e. The van der Waals surface area contributed by atoms with Crippen molar-refractivity contribution < 1.29 is 0 Å². The van der Waals surface area contributed by atoms with E-state index in [4.69, 9.17) is 15.0 Å². The molecule has 3 aromatic heterocycles. The molecule has 0 bridgehead atoms. The van der Waals surface area contributed by atoms with E-state index in [1.165, 1.54) is 66.8 Å². The highest BCUT2D eigenvalue weighted by atomic mass is 15.3. The Morgan fingerprint density at radius 3 is 1.15 bits per heavy atom. The Hall–Kier alpha value is -9.97.